The third kappa shape index (κ3) is 2.08. The number of halogens is 4. The Balaban J connectivity index is 2.64. The van der Waals surface area contributed by atoms with Crippen molar-refractivity contribution in [1.82, 2.24) is 4.57 Å². The summed E-state index contributed by atoms with van der Waals surface area (Å²) in [5.74, 6) is 0. The van der Waals surface area contributed by atoms with Crippen LogP contribution in [0.3, 0.4) is 0 Å². The van der Waals surface area contributed by atoms with Crippen LogP contribution < -0.4 is 0 Å². The molecule has 2 rings (SSSR count). The molecule has 0 aliphatic carbocycles. The zero-order chi connectivity index (χ0) is 11.9. The van der Waals surface area contributed by atoms with Crippen molar-refractivity contribution in [2.75, 3.05) is 0 Å². The number of alkyl halides is 3. The van der Waals surface area contributed by atoms with Crippen molar-refractivity contribution < 1.29 is 13.2 Å². The number of benzene rings is 1. The van der Waals surface area contributed by atoms with Crippen molar-refractivity contribution in [1.29, 1.82) is 0 Å². The summed E-state index contributed by atoms with van der Waals surface area (Å²) in [7, 11) is 1.73. The summed E-state index contributed by atoms with van der Waals surface area (Å²) >= 11 is 3.10. The number of thioether (sulfide) groups is 1. The fourth-order valence-corrected chi connectivity index (χ4v) is 2.92. The zero-order valence-corrected chi connectivity index (χ0v) is 10.6. The molecule has 0 fully saturated rings. The molecule has 1 heterocycles. The molecule has 0 radical (unpaired) electrons. The van der Waals surface area contributed by atoms with Crippen molar-refractivity contribution >= 4 is 38.6 Å². The van der Waals surface area contributed by atoms with Gasteiger partial charge in [-0.15, -0.1) is 0 Å². The standard InChI is InChI=1S/C10H7BrF3NS/c1-15-7-5-3-2-4-6(7)8(9(15)11)16-10(12,13)14/h2-5H,1H3. The molecule has 6 heteroatoms. The highest BCUT2D eigenvalue weighted by Gasteiger charge is 2.32. The number of rotatable bonds is 1. The lowest BCUT2D eigenvalue weighted by atomic mass is 10.2. The maximum absolute atomic E-state index is 12.4. The van der Waals surface area contributed by atoms with Crippen molar-refractivity contribution in [2.45, 2.75) is 10.4 Å². The fraction of sp³-hybridized carbons (Fsp3) is 0.200. The molecule has 0 amide bonds. The first kappa shape index (κ1) is 11.9. The molecule has 16 heavy (non-hydrogen) atoms. The molecule has 0 spiro atoms. The second-order valence-corrected chi connectivity index (χ2v) is 5.07. The summed E-state index contributed by atoms with van der Waals surface area (Å²) in [6.45, 7) is 0. The predicted octanol–water partition coefficient (Wildman–Crippen LogP) is 4.55. The topological polar surface area (TPSA) is 4.93 Å². The maximum Gasteiger partial charge on any atom is 0.446 e. The second-order valence-electron chi connectivity index (χ2n) is 3.24. The Morgan fingerprint density at radius 2 is 1.88 bits per heavy atom. The molecular formula is C10H7BrF3NS. The minimum atomic E-state index is -4.27. The van der Waals surface area contributed by atoms with Crippen LogP contribution in [0.1, 0.15) is 0 Å². The summed E-state index contributed by atoms with van der Waals surface area (Å²) in [5, 5.41) is 0.610. The van der Waals surface area contributed by atoms with E-state index >= 15 is 0 Å². The molecule has 0 aliphatic rings. The van der Waals surface area contributed by atoms with Crippen molar-refractivity contribution in [2.24, 2.45) is 7.05 Å². The fourth-order valence-electron chi connectivity index (χ4n) is 1.54. The molecule has 2 aromatic rings. The van der Waals surface area contributed by atoms with Gasteiger partial charge in [-0.2, -0.15) is 13.2 Å². The average molecular weight is 310 g/mol. The Morgan fingerprint density at radius 3 is 2.50 bits per heavy atom. The van der Waals surface area contributed by atoms with Crippen LogP contribution in [0.15, 0.2) is 33.8 Å². The largest absolute Gasteiger partial charge is 0.446 e. The third-order valence-electron chi connectivity index (χ3n) is 2.21. The summed E-state index contributed by atoms with van der Waals surface area (Å²) < 4.78 is 39.3. The summed E-state index contributed by atoms with van der Waals surface area (Å²) in [5.41, 5.74) is -3.49. The molecule has 1 nitrogen and oxygen atoms in total. The molecule has 0 saturated heterocycles. The van der Waals surface area contributed by atoms with E-state index < -0.39 is 5.51 Å². The number of hydrogen-bond donors (Lipinski definition) is 0. The molecule has 86 valence electrons. The molecule has 0 atom stereocenters. The van der Waals surface area contributed by atoms with E-state index in [-0.39, 0.29) is 16.7 Å². The molecule has 1 aromatic carbocycles. The van der Waals surface area contributed by atoms with Crippen LogP contribution in [0.5, 0.6) is 0 Å². The molecule has 0 bridgehead atoms. The van der Waals surface area contributed by atoms with Gasteiger partial charge in [0.25, 0.3) is 0 Å². The van der Waals surface area contributed by atoms with E-state index in [9.17, 15) is 13.2 Å². The van der Waals surface area contributed by atoms with E-state index in [0.29, 0.717) is 9.99 Å². The van der Waals surface area contributed by atoms with E-state index in [1.54, 1.807) is 35.9 Å². The first-order valence-corrected chi connectivity index (χ1v) is 6.00. The first-order chi connectivity index (χ1) is 7.40. The Labute approximate surface area is 103 Å². The number of fused-ring (bicyclic) bond motifs is 1. The van der Waals surface area contributed by atoms with Crippen LogP contribution in [-0.2, 0) is 7.05 Å². The van der Waals surface area contributed by atoms with Gasteiger partial charge < -0.3 is 4.57 Å². The van der Waals surface area contributed by atoms with Crippen LogP contribution in [0.2, 0.25) is 0 Å². The van der Waals surface area contributed by atoms with Crippen LogP contribution >= 0.6 is 27.7 Å². The van der Waals surface area contributed by atoms with E-state index in [2.05, 4.69) is 15.9 Å². The van der Waals surface area contributed by atoms with Crippen molar-refractivity contribution in [3.05, 3.63) is 28.9 Å². The number of nitrogens with zero attached hydrogens (tertiary/aromatic N) is 1. The SMILES string of the molecule is Cn1c(Br)c(SC(F)(F)F)c2ccccc21. The van der Waals surface area contributed by atoms with E-state index in [4.69, 9.17) is 0 Å². The maximum atomic E-state index is 12.4. The molecule has 0 N–H and O–H groups in total. The minimum Gasteiger partial charge on any atom is -0.337 e. The summed E-state index contributed by atoms with van der Waals surface area (Å²) in [6.07, 6.45) is 0. The van der Waals surface area contributed by atoms with Gasteiger partial charge in [-0.3, -0.25) is 0 Å². The third-order valence-corrected chi connectivity index (χ3v) is 4.25. The average Bonchev–Trinajstić information content (AvgIpc) is 2.43. The van der Waals surface area contributed by atoms with Crippen LogP contribution in [-0.4, -0.2) is 10.1 Å². The summed E-state index contributed by atoms with van der Waals surface area (Å²) in [6, 6.07) is 7.01. The Kier molecular flexibility index (Phi) is 2.96. The number of para-hydroxylation sites is 1. The second kappa shape index (κ2) is 4.00. The molecule has 0 saturated carbocycles. The normalized spacial score (nSPS) is 12.3. The molecule has 1 aromatic heterocycles. The number of aryl methyl sites for hydroxylation is 1. The highest BCUT2D eigenvalue weighted by atomic mass is 79.9. The van der Waals surface area contributed by atoms with Gasteiger partial charge in [0, 0.05) is 18.0 Å². The van der Waals surface area contributed by atoms with Crippen LogP contribution in [0.25, 0.3) is 10.9 Å². The summed E-state index contributed by atoms with van der Waals surface area (Å²) in [4.78, 5) is 0.214. The van der Waals surface area contributed by atoms with Gasteiger partial charge in [0.2, 0.25) is 0 Å². The van der Waals surface area contributed by atoms with Gasteiger partial charge in [0.1, 0.15) is 0 Å². The lowest BCUT2D eigenvalue weighted by Crippen LogP contribution is -1.99. The first-order valence-electron chi connectivity index (χ1n) is 4.39. The number of hydrogen-bond acceptors (Lipinski definition) is 1. The van der Waals surface area contributed by atoms with Gasteiger partial charge in [-0.25, -0.2) is 0 Å². The van der Waals surface area contributed by atoms with Gasteiger partial charge in [0.15, 0.2) is 0 Å². The lowest BCUT2D eigenvalue weighted by Gasteiger charge is -2.04. The Bertz CT molecular complexity index is 533. The zero-order valence-electron chi connectivity index (χ0n) is 8.18. The smallest absolute Gasteiger partial charge is 0.337 e. The highest BCUT2D eigenvalue weighted by molar-refractivity contribution is 9.10. The van der Waals surface area contributed by atoms with E-state index in [1.165, 1.54) is 0 Å². The van der Waals surface area contributed by atoms with Crippen molar-refractivity contribution in [3.63, 3.8) is 0 Å². The van der Waals surface area contributed by atoms with Gasteiger partial charge >= 0.3 is 5.51 Å². The van der Waals surface area contributed by atoms with E-state index in [0.717, 1.165) is 5.52 Å². The van der Waals surface area contributed by atoms with Crippen LogP contribution in [0, 0.1) is 0 Å². The van der Waals surface area contributed by atoms with E-state index in [1.807, 2.05) is 0 Å². The minimum absolute atomic E-state index is 0.0900. The highest BCUT2D eigenvalue weighted by Crippen LogP contribution is 2.45. The van der Waals surface area contributed by atoms with Crippen molar-refractivity contribution in [3.8, 4) is 0 Å². The van der Waals surface area contributed by atoms with Crippen LogP contribution in [0.4, 0.5) is 13.2 Å². The molecule has 0 aliphatic heterocycles. The lowest BCUT2D eigenvalue weighted by molar-refractivity contribution is -0.0327. The predicted molar refractivity (Wildman–Crippen MR) is 62.5 cm³/mol. The quantitative estimate of drug-likeness (QED) is 0.699. The Morgan fingerprint density at radius 1 is 1.25 bits per heavy atom. The van der Waals surface area contributed by atoms with Gasteiger partial charge in [-0.1, -0.05) is 18.2 Å². The van der Waals surface area contributed by atoms with Gasteiger partial charge in [-0.05, 0) is 33.8 Å². The molecular weight excluding hydrogens is 303 g/mol. The number of aromatic nitrogens is 1. The molecule has 0 unspecified atom stereocenters. The monoisotopic (exact) mass is 309 g/mol. The Hall–Kier alpha value is -0.620. The van der Waals surface area contributed by atoms with Gasteiger partial charge in [0.05, 0.1) is 9.50 Å².